The van der Waals surface area contributed by atoms with Gasteiger partial charge in [0.1, 0.15) is 5.82 Å². The summed E-state index contributed by atoms with van der Waals surface area (Å²) in [7, 11) is 0. The van der Waals surface area contributed by atoms with Crippen LogP contribution in [-0.2, 0) is 4.79 Å². The first kappa shape index (κ1) is 18.4. The van der Waals surface area contributed by atoms with E-state index >= 15 is 0 Å². The van der Waals surface area contributed by atoms with Crippen molar-refractivity contribution in [2.45, 2.75) is 13.8 Å². The number of para-hydroxylation sites is 1. The van der Waals surface area contributed by atoms with E-state index in [-0.39, 0.29) is 11.8 Å². The predicted molar refractivity (Wildman–Crippen MR) is 115 cm³/mol. The number of fused-ring (bicyclic) bond motifs is 1. The van der Waals surface area contributed by atoms with Crippen molar-refractivity contribution in [3.05, 3.63) is 84.2 Å². The van der Waals surface area contributed by atoms with Crippen LogP contribution in [0, 0.1) is 6.92 Å². The second-order valence-electron chi connectivity index (χ2n) is 6.75. The van der Waals surface area contributed by atoms with E-state index in [4.69, 9.17) is 0 Å². The van der Waals surface area contributed by atoms with E-state index in [2.05, 4.69) is 20.2 Å². The maximum absolute atomic E-state index is 12.7. The number of nitrogens with zero attached hydrogens (tertiary/aromatic N) is 2. The van der Waals surface area contributed by atoms with Gasteiger partial charge >= 0.3 is 0 Å². The Morgan fingerprint density at radius 2 is 1.59 bits per heavy atom. The molecule has 0 saturated heterocycles. The fourth-order valence-electron chi connectivity index (χ4n) is 3.33. The zero-order valence-corrected chi connectivity index (χ0v) is 16.1. The number of rotatable bonds is 4. The third-order valence-electron chi connectivity index (χ3n) is 4.54. The zero-order chi connectivity index (χ0) is 20.4. The summed E-state index contributed by atoms with van der Waals surface area (Å²) in [4.78, 5) is 28.6. The van der Waals surface area contributed by atoms with Crippen molar-refractivity contribution in [2.75, 3.05) is 10.6 Å². The van der Waals surface area contributed by atoms with Crippen molar-refractivity contribution in [1.82, 2.24) is 9.55 Å². The highest BCUT2D eigenvalue weighted by Gasteiger charge is 2.13. The van der Waals surface area contributed by atoms with Crippen LogP contribution in [0.25, 0.3) is 16.7 Å². The fraction of sp³-hybridized carbons (Fsp3) is 0.0870. The number of imidazole rings is 1. The van der Waals surface area contributed by atoms with Gasteiger partial charge < -0.3 is 10.6 Å². The van der Waals surface area contributed by atoms with Crippen molar-refractivity contribution < 1.29 is 9.59 Å². The molecule has 3 aromatic carbocycles. The van der Waals surface area contributed by atoms with Crippen LogP contribution < -0.4 is 10.6 Å². The number of aromatic nitrogens is 2. The number of nitrogens with one attached hydrogen (secondary N) is 2. The lowest BCUT2D eigenvalue weighted by Crippen LogP contribution is -2.12. The van der Waals surface area contributed by atoms with E-state index in [9.17, 15) is 9.59 Å². The molecule has 0 unspecified atom stereocenters. The van der Waals surface area contributed by atoms with Gasteiger partial charge in [0.15, 0.2) is 0 Å². The predicted octanol–water partition coefficient (Wildman–Crippen LogP) is 4.54. The Bertz CT molecular complexity index is 1210. The molecule has 0 saturated carbocycles. The maximum Gasteiger partial charge on any atom is 0.255 e. The largest absolute Gasteiger partial charge is 0.326 e. The van der Waals surface area contributed by atoms with Gasteiger partial charge in [-0.05, 0) is 55.5 Å². The number of hydrogen-bond acceptors (Lipinski definition) is 3. The summed E-state index contributed by atoms with van der Waals surface area (Å²) in [5.41, 5.74) is 4.47. The molecular weight excluding hydrogens is 364 g/mol. The minimum absolute atomic E-state index is 0.164. The lowest BCUT2D eigenvalue weighted by atomic mass is 10.1. The lowest BCUT2D eigenvalue weighted by Gasteiger charge is -2.09. The van der Waals surface area contributed by atoms with E-state index in [0.717, 1.165) is 22.5 Å². The van der Waals surface area contributed by atoms with Crippen LogP contribution in [0.5, 0.6) is 0 Å². The number of carbonyl (C=O) groups excluding carboxylic acids is 2. The summed E-state index contributed by atoms with van der Waals surface area (Å²) >= 11 is 0. The van der Waals surface area contributed by atoms with Crippen LogP contribution in [0.1, 0.15) is 23.1 Å². The molecule has 0 aliphatic heterocycles. The van der Waals surface area contributed by atoms with Gasteiger partial charge in [-0.25, -0.2) is 4.98 Å². The summed E-state index contributed by atoms with van der Waals surface area (Å²) in [5.74, 6) is 0.453. The highest BCUT2D eigenvalue weighted by molar-refractivity contribution is 6.06. The van der Waals surface area contributed by atoms with Crippen LogP contribution in [0.15, 0.2) is 72.8 Å². The molecular formula is C23H20N4O2. The Labute approximate surface area is 168 Å². The van der Waals surface area contributed by atoms with Crippen molar-refractivity contribution in [3.8, 4) is 5.69 Å². The minimum Gasteiger partial charge on any atom is -0.326 e. The molecule has 6 nitrogen and oxygen atoms in total. The molecule has 0 spiro atoms. The molecule has 0 atom stereocenters. The molecule has 6 heteroatoms. The van der Waals surface area contributed by atoms with E-state index < -0.39 is 0 Å². The van der Waals surface area contributed by atoms with Crippen LogP contribution in [0.2, 0.25) is 0 Å². The second-order valence-corrected chi connectivity index (χ2v) is 6.75. The van der Waals surface area contributed by atoms with Crippen molar-refractivity contribution in [1.29, 1.82) is 0 Å². The maximum atomic E-state index is 12.7. The number of carbonyl (C=O) groups is 2. The molecule has 2 amide bonds. The Morgan fingerprint density at radius 1 is 0.862 bits per heavy atom. The molecule has 4 rings (SSSR count). The first-order valence-electron chi connectivity index (χ1n) is 9.25. The Balaban J connectivity index is 1.62. The molecule has 2 N–H and O–H groups in total. The van der Waals surface area contributed by atoms with E-state index in [0.29, 0.717) is 16.9 Å². The summed E-state index contributed by atoms with van der Waals surface area (Å²) in [5, 5.41) is 5.57. The summed E-state index contributed by atoms with van der Waals surface area (Å²) < 4.78 is 2.06. The van der Waals surface area contributed by atoms with E-state index in [1.807, 2.05) is 43.3 Å². The third-order valence-corrected chi connectivity index (χ3v) is 4.54. The van der Waals surface area contributed by atoms with E-state index in [1.165, 1.54) is 6.92 Å². The molecule has 0 aliphatic rings. The average molecular weight is 384 g/mol. The molecule has 1 heterocycles. The smallest absolute Gasteiger partial charge is 0.255 e. The third kappa shape index (κ3) is 3.87. The Morgan fingerprint density at radius 3 is 2.31 bits per heavy atom. The monoisotopic (exact) mass is 384 g/mol. The first-order valence-corrected chi connectivity index (χ1v) is 9.25. The molecule has 29 heavy (non-hydrogen) atoms. The van der Waals surface area contributed by atoms with Gasteiger partial charge in [0.25, 0.3) is 5.91 Å². The second kappa shape index (κ2) is 7.59. The minimum atomic E-state index is -0.237. The van der Waals surface area contributed by atoms with Gasteiger partial charge in [0.05, 0.1) is 11.0 Å². The Kier molecular flexibility index (Phi) is 4.83. The standard InChI is InChI=1S/C23H20N4O2/c1-15-24-21-13-17(11-12-22(21)27(15)20-9-4-3-5-10-20)23(29)26-19-8-6-7-18(14-19)25-16(2)28/h3-14H,1-2H3,(H,25,28)(H,26,29). The number of aryl methyl sites for hydroxylation is 1. The molecule has 1 aromatic heterocycles. The highest BCUT2D eigenvalue weighted by atomic mass is 16.2. The highest BCUT2D eigenvalue weighted by Crippen LogP contribution is 2.23. The normalized spacial score (nSPS) is 10.7. The fourth-order valence-corrected chi connectivity index (χ4v) is 3.33. The van der Waals surface area contributed by atoms with Crippen molar-refractivity contribution in [2.24, 2.45) is 0 Å². The van der Waals surface area contributed by atoms with Crippen molar-refractivity contribution in [3.63, 3.8) is 0 Å². The number of amides is 2. The van der Waals surface area contributed by atoms with Gasteiger partial charge in [-0.3, -0.25) is 14.2 Å². The molecule has 0 radical (unpaired) electrons. The molecule has 0 aliphatic carbocycles. The summed E-state index contributed by atoms with van der Waals surface area (Å²) in [6.07, 6.45) is 0. The first-order chi connectivity index (χ1) is 14.0. The van der Waals surface area contributed by atoms with Gasteiger partial charge in [0, 0.05) is 29.5 Å². The van der Waals surface area contributed by atoms with Gasteiger partial charge in [-0.1, -0.05) is 24.3 Å². The zero-order valence-electron chi connectivity index (χ0n) is 16.1. The van der Waals surface area contributed by atoms with Crippen LogP contribution in [-0.4, -0.2) is 21.4 Å². The quantitative estimate of drug-likeness (QED) is 0.542. The SMILES string of the molecule is CC(=O)Nc1cccc(NC(=O)c2ccc3c(c2)nc(C)n3-c2ccccc2)c1. The molecule has 0 bridgehead atoms. The number of anilines is 2. The van der Waals surface area contributed by atoms with Crippen LogP contribution >= 0.6 is 0 Å². The van der Waals surface area contributed by atoms with Crippen molar-refractivity contribution >= 4 is 34.2 Å². The van der Waals surface area contributed by atoms with Crippen LogP contribution in [0.3, 0.4) is 0 Å². The van der Waals surface area contributed by atoms with Gasteiger partial charge in [0.2, 0.25) is 5.91 Å². The topological polar surface area (TPSA) is 76.0 Å². The van der Waals surface area contributed by atoms with Crippen LogP contribution in [0.4, 0.5) is 11.4 Å². The van der Waals surface area contributed by atoms with Gasteiger partial charge in [-0.2, -0.15) is 0 Å². The van der Waals surface area contributed by atoms with E-state index in [1.54, 1.807) is 36.4 Å². The molecule has 4 aromatic rings. The summed E-state index contributed by atoms with van der Waals surface area (Å²) in [6.45, 7) is 3.39. The summed E-state index contributed by atoms with van der Waals surface area (Å²) in [6, 6.07) is 22.5. The average Bonchev–Trinajstić information content (AvgIpc) is 3.03. The Hall–Kier alpha value is -3.93. The molecule has 144 valence electrons. The number of benzene rings is 3. The molecule has 0 fully saturated rings. The number of hydrogen-bond donors (Lipinski definition) is 2. The lowest BCUT2D eigenvalue weighted by molar-refractivity contribution is -0.114. The van der Waals surface area contributed by atoms with Gasteiger partial charge in [-0.15, -0.1) is 0 Å².